The van der Waals surface area contributed by atoms with Gasteiger partial charge in [-0.1, -0.05) is 25.1 Å². The van der Waals surface area contributed by atoms with Crippen LogP contribution >= 0.6 is 0 Å². The minimum Gasteiger partial charge on any atom is -0.480 e. The van der Waals surface area contributed by atoms with Crippen LogP contribution in [0.1, 0.15) is 24.5 Å². The topological polar surface area (TPSA) is 78.4 Å². The Morgan fingerprint density at radius 1 is 1.28 bits per heavy atom. The molecule has 1 atom stereocenters. The fourth-order valence-electron chi connectivity index (χ4n) is 1.66. The molecular weight excluding hydrogens is 232 g/mol. The number of anilines is 1. The van der Waals surface area contributed by atoms with Gasteiger partial charge in [0.2, 0.25) is 0 Å². The zero-order valence-corrected chi connectivity index (χ0v) is 10.8. The predicted molar refractivity (Wildman–Crippen MR) is 69.8 cm³/mol. The molecule has 1 aromatic rings. The van der Waals surface area contributed by atoms with Gasteiger partial charge in [-0.15, -0.1) is 0 Å². The number of hydrogen-bond donors (Lipinski definition) is 3. The van der Waals surface area contributed by atoms with E-state index in [1.54, 1.807) is 6.92 Å². The van der Waals surface area contributed by atoms with Crippen LogP contribution in [-0.4, -0.2) is 23.1 Å². The number of para-hydroxylation sites is 1. The molecule has 1 rings (SSSR count). The molecule has 0 saturated heterocycles. The maximum absolute atomic E-state index is 11.7. The Balaban J connectivity index is 2.73. The first kappa shape index (κ1) is 14.0. The fourth-order valence-corrected chi connectivity index (χ4v) is 1.66. The second kappa shape index (κ2) is 6.05. The highest BCUT2D eigenvalue weighted by molar-refractivity contribution is 5.93. The molecule has 0 aliphatic rings. The highest BCUT2D eigenvalue weighted by Gasteiger charge is 2.18. The molecule has 0 aliphatic heterocycles. The van der Waals surface area contributed by atoms with Crippen LogP contribution < -0.4 is 10.6 Å². The maximum atomic E-state index is 11.7. The van der Waals surface area contributed by atoms with Gasteiger partial charge in [-0.05, 0) is 31.4 Å². The first-order valence-electron chi connectivity index (χ1n) is 5.82. The van der Waals surface area contributed by atoms with E-state index in [-0.39, 0.29) is 0 Å². The zero-order valence-electron chi connectivity index (χ0n) is 10.8. The summed E-state index contributed by atoms with van der Waals surface area (Å²) in [6.07, 6.45) is 0.343. The Kier molecular flexibility index (Phi) is 4.71. The summed E-state index contributed by atoms with van der Waals surface area (Å²) in [5, 5.41) is 14.0. The van der Waals surface area contributed by atoms with Crippen molar-refractivity contribution in [3.05, 3.63) is 29.3 Å². The Morgan fingerprint density at radius 2 is 1.83 bits per heavy atom. The molecule has 0 fully saturated rings. The minimum absolute atomic E-state index is 0.343. The maximum Gasteiger partial charge on any atom is 0.326 e. The van der Waals surface area contributed by atoms with Crippen LogP contribution in [0.5, 0.6) is 0 Å². The number of aliphatic carboxylic acids is 1. The summed E-state index contributed by atoms with van der Waals surface area (Å²) in [6.45, 7) is 5.48. The lowest BCUT2D eigenvalue weighted by atomic mass is 10.1. The summed E-state index contributed by atoms with van der Waals surface area (Å²) in [7, 11) is 0. The van der Waals surface area contributed by atoms with Gasteiger partial charge in [0.15, 0.2) is 0 Å². The van der Waals surface area contributed by atoms with Crippen molar-refractivity contribution in [1.29, 1.82) is 0 Å². The van der Waals surface area contributed by atoms with E-state index in [1.165, 1.54) is 0 Å². The normalized spacial score (nSPS) is 11.7. The zero-order chi connectivity index (χ0) is 13.7. The van der Waals surface area contributed by atoms with Crippen molar-refractivity contribution in [3.63, 3.8) is 0 Å². The van der Waals surface area contributed by atoms with E-state index in [9.17, 15) is 9.59 Å². The van der Waals surface area contributed by atoms with Crippen molar-refractivity contribution in [2.45, 2.75) is 33.2 Å². The molecule has 3 N–H and O–H groups in total. The van der Waals surface area contributed by atoms with E-state index in [1.807, 2.05) is 32.0 Å². The average Bonchev–Trinajstić information content (AvgIpc) is 2.30. The lowest BCUT2D eigenvalue weighted by molar-refractivity contribution is -0.139. The van der Waals surface area contributed by atoms with Gasteiger partial charge in [0.25, 0.3) is 0 Å². The minimum atomic E-state index is -1.03. The van der Waals surface area contributed by atoms with Gasteiger partial charge in [-0.3, -0.25) is 0 Å². The number of nitrogens with one attached hydrogen (secondary N) is 2. The molecule has 2 amide bonds. The van der Waals surface area contributed by atoms with Gasteiger partial charge in [-0.2, -0.15) is 0 Å². The van der Waals surface area contributed by atoms with Crippen molar-refractivity contribution in [3.8, 4) is 0 Å². The number of carbonyl (C=O) groups is 2. The number of carboxylic acids is 1. The molecule has 0 saturated carbocycles. The van der Waals surface area contributed by atoms with Gasteiger partial charge >= 0.3 is 12.0 Å². The highest BCUT2D eigenvalue weighted by atomic mass is 16.4. The third-order valence-corrected chi connectivity index (χ3v) is 2.73. The molecule has 0 radical (unpaired) electrons. The van der Waals surface area contributed by atoms with E-state index in [0.717, 1.165) is 16.8 Å². The third-order valence-electron chi connectivity index (χ3n) is 2.73. The van der Waals surface area contributed by atoms with E-state index in [4.69, 9.17) is 5.11 Å². The summed E-state index contributed by atoms with van der Waals surface area (Å²) in [5.41, 5.74) is 2.59. The Hall–Kier alpha value is -2.04. The van der Waals surface area contributed by atoms with Crippen molar-refractivity contribution >= 4 is 17.7 Å². The van der Waals surface area contributed by atoms with E-state index in [2.05, 4.69) is 10.6 Å². The van der Waals surface area contributed by atoms with Gasteiger partial charge in [0.1, 0.15) is 6.04 Å². The number of urea groups is 1. The first-order valence-corrected chi connectivity index (χ1v) is 5.82. The SMILES string of the molecule is CC[C@H](NC(=O)Nc1c(C)cccc1C)C(=O)O. The van der Waals surface area contributed by atoms with Crippen LogP contribution in [0.25, 0.3) is 0 Å². The lowest BCUT2D eigenvalue weighted by Crippen LogP contribution is -2.42. The molecule has 0 unspecified atom stereocenters. The first-order chi connectivity index (χ1) is 8.45. The van der Waals surface area contributed by atoms with Crippen LogP contribution in [0, 0.1) is 13.8 Å². The largest absolute Gasteiger partial charge is 0.480 e. The summed E-state index contributed by atoms with van der Waals surface area (Å²) in [5.74, 6) is -1.03. The fraction of sp³-hybridized carbons (Fsp3) is 0.385. The second-order valence-corrected chi connectivity index (χ2v) is 4.16. The summed E-state index contributed by atoms with van der Waals surface area (Å²) in [6, 6.07) is 4.31. The molecule has 0 heterocycles. The smallest absolute Gasteiger partial charge is 0.326 e. The van der Waals surface area contributed by atoms with Crippen LogP contribution in [0.2, 0.25) is 0 Å². The number of amides is 2. The number of carboxylic acid groups (broad SMARTS) is 1. The van der Waals surface area contributed by atoms with E-state index >= 15 is 0 Å². The van der Waals surface area contributed by atoms with Crippen molar-refractivity contribution in [1.82, 2.24) is 5.32 Å². The molecule has 5 nitrogen and oxygen atoms in total. The van der Waals surface area contributed by atoms with Gasteiger partial charge in [0, 0.05) is 5.69 Å². The monoisotopic (exact) mass is 250 g/mol. The van der Waals surface area contributed by atoms with Crippen molar-refractivity contribution < 1.29 is 14.7 Å². The number of rotatable bonds is 4. The van der Waals surface area contributed by atoms with Crippen molar-refractivity contribution in [2.24, 2.45) is 0 Å². The van der Waals surface area contributed by atoms with Crippen LogP contribution in [-0.2, 0) is 4.79 Å². The van der Waals surface area contributed by atoms with Gasteiger partial charge in [0.05, 0.1) is 0 Å². The predicted octanol–water partition coefficient (Wildman–Crippen LogP) is 2.29. The molecule has 1 aromatic carbocycles. The molecule has 5 heteroatoms. The quantitative estimate of drug-likeness (QED) is 0.767. The molecule has 98 valence electrons. The average molecular weight is 250 g/mol. The Bertz CT molecular complexity index is 437. The molecular formula is C13H18N2O3. The van der Waals surface area contributed by atoms with E-state index in [0.29, 0.717) is 6.42 Å². The summed E-state index contributed by atoms with van der Waals surface area (Å²) >= 11 is 0. The highest BCUT2D eigenvalue weighted by Crippen LogP contribution is 2.19. The molecule has 0 aliphatic carbocycles. The Morgan fingerprint density at radius 3 is 2.28 bits per heavy atom. The number of benzene rings is 1. The molecule has 0 aromatic heterocycles. The molecule has 0 bridgehead atoms. The standard InChI is InChI=1S/C13H18N2O3/c1-4-10(12(16)17)14-13(18)15-11-8(2)6-5-7-9(11)3/h5-7,10H,4H2,1-3H3,(H,16,17)(H2,14,15,18)/t10-/m0/s1. The van der Waals surface area contributed by atoms with Crippen LogP contribution in [0.15, 0.2) is 18.2 Å². The number of carbonyl (C=O) groups excluding carboxylic acids is 1. The Labute approximate surface area is 106 Å². The summed E-state index contributed by atoms with van der Waals surface area (Å²) < 4.78 is 0. The lowest BCUT2D eigenvalue weighted by Gasteiger charge is -2.15. The summed E-state index contributed by atoms with van der Waals surface area (Å²) in [4.78, 5) is 22.5. The number of hydrogen-bond acceptors (Lipinski definition) is 2. The van der Waals surface area contributed by atoms with E-state index < -0.39 is 18.0 Å². The van der Waals surface area contributed by atoms with Crippen molar-refractivity contribution in [2.75, 3.05) is 5.32 Å². The number of aryl methyl sites for hydroxylation is 2. The second-order valence-electron chi connectivity index (χ2n) is 4.16. The molecule has 18 heavy (non-hydrogen) atoms. The van der Waals surface area contributed by atoms with Gasteiger partial charge < -0.3 is 15.7 Å². The molecule has 0 spiro atoms. The van der Waals surface area contributed by atoms with Gasteiger partial charge in [-0.25, -0.2) is 9.59 Å². The van der Waals surface area contributed by atoms with Crippen LogP contribution in [0.3, 0.4) is 0 Å². The van der Waals surface area contributed by atoms with Crippen LogP contribution in [0.4, 0.5) is 10.5 Å². The third kappa shape index (κ3) is 3.48.